The van der Waals surface area contributed by atoms with E-state index in [0.717, 1.165) is 26.1 Å². The number of halogens is 1. The number of benzene rings is 1. The van der Waals surface area contributed by atoms with Gasteiger partial charge in [-0.15, -0.1) is 0 Å². The van der Waals surface area contributed by atoms with Gasteiger partial charge >= 0.3 is 5.76 Å². The summed E-state index contributed by atoms with van der Waals surface area (Å²) in [4.78, 5) is 25.6. The van der Waals surface area contributed by atoms with Crippen molar-refractivity contribution in [1.29, 1.82) is 0 Å². The molecule has 0 saturated heterocycles. The highest BCUT2D eigenvalue weighted by atomic mass is 35.5. The van der Waals surface area contributed by atoms with Crippen molar-refractivity contribution in [2.45, 2.75) is 26.8 Å². The number of para-hydroxylation sites is 1. The lowest BCUT2D eigenvalue weighted by molar-refractivity contribution is -0.896. The highest BCUT2D eigenvalue weighted by Gasteiger charge is 2.10. The minimum atomic E-state index is -0.566. The molecule has 0 radical (unpaired) electrons. The molecule has 0 unspecified atom stereocenters. The molecule has 0 fully saturated rings. The lowest BCUT2D eigenvalue weighted by atomic mass is 10.2. The minimum Gasteiger partial charge on any atom is -1.00 e. The van der Waals surface area contributed by atoms with Crippen LogP contribution in [-0.2, 0) is 6.54 Å². The van der Waals surface area contributed by atoms with E-state index in [0.29, 0.717) is 17.5 Å². The van der Waals surface area contributed by atoms with Gasteiger partial charge in [-0.05, 0) is 26.0 Å². The first-order valence-electron chi connectivity index (χ1n) is 7.13. The van der Waals surface area contributed by atoms with Gasteiger partial charge in [-0.25, -0.2) is 9.36 Å². The quantitative estimate of drug-likeness (QED) is 0.630. The molecule has 0 atom stereocenters. The molecule has 2 aromatic rings. The summed E-state index contributed by atoms with van der Waals surface area (Å²) in [6.07, 6.45) is 0.792. The van der Waals surface area contributed by atoms with Crippen molar-refractivity contribution in [3.05, 3.63) is 45.2 Å². The third-order valence-electron chi connectivity index (χ3n) is 3.69. The first-order valence-corrected chi connectivity index (χ1v) is 7.13. The van der Waals surface area contributed by atoms with Crippen LogP contribution >= 0.6 is 0 Å². The van der Waals surface area contributed by atoms with Gasteiger partial charge in [0.15, 0.2) is 0 Å². The number of quaternary nitrogens is 1. The minimum absolute atomic E-state index is 0. The molecule has 1 N–H and O–H groups in total. The molecule has 0 bridgehead atoms. The van der Waals surface area contributed by atoms with Crippen LogP contribution in [0.4, 0.5) is 0 Å². The van der Waals surface area contributed by atoms with E-state index < -0.39 is 5.76 Å². The fraction of sp³-hybridized carbons (Fsp3) is 0.467. The summed E-state index contributed by atoms with van der Waals surface area (Å²) < 4.78 is 6.38. The fourth-order valence-corrected chi connectivity index (χ4v) is 2.39. The maximum absolute atomic E-state index is 12.3. The molecule has 116 valence electrons. The van der Waals surface area contributed by atoms with Crippen LogP contribution < -0.4 is 28.6 Å². The Kier molecular flexibility index (Phi) is 6.65. The molecule has 0 aliphatic heterocycles. The van der Waals surface area contributed by atoms with Crippen LogP contribution in [0.3, 0.4) is 0 Å². The molecular formula is C15H21ClN2O3. The number of nitrogens with zero attached hydrogens (tertiary/aromatic N) is 1. The van der Waals surface area contributed by atoms with Crippen LogP contribution in [0.5, 0.6) is 0 Å². The van der Waals surface area contributed by atoms with E-state index in [2.05, 4.69) is 13.8 Å². The predicted octanol–water partition coefficient (Wildman–Crippen LogP) is -2.73. The van der Waals surface area contributed by atoms with Gasteiger partial charge < -0.3 is 21.7 Å². The number of rotatable bonds is 6. The number of fused-ring (bicyclic) bond motifs is 1. The van der Waals surface area contributed by atoms with Gasteiger partial charge in [0.1, 0.15) is 5.58 Å². The summed E-state index contributed by atoms with van der Waals surface area (Å²) in [6, 6.07) is 6.85. The standard InChI is InChI=1S/C15H20N2O3.ClH/c1-3-16(4-2)10-7-11-17-14(18)12-8-5-6-9-13(12)20-15(17)19;/h5-6,8-9H,3-4,7,10-11H2,1-2H3;1H. The Hall–Kier alpha value is -1.59. The molecule has 0 spiro atoms. The van der Waals surface area contributed by atoms with Crippen molar-refractivity contribution in [2.24, 2.45) is 0 Å². The molecule has 6 heteroatoms. The molecule has 0 amide bonds. The van der Waals surface area contributed by atoms with Gasteiger partial charge in [0, 0.05) is 13.0 Å². The van der Waals surface area contributed by atoms with Crippen molar-refractivity contribution < 1.29 is 21.7 Å². The Labute approximate surface area is 129 Å². The first kappa shape index (κ1) is 17.5. The van der Waals surface area contributed by atoms with E-state index in [1.807, 2.05) is 0 Å². The lowest BCUT2D eigenvalue weighted by Gasteiger charge is -2.15. The van der Waals surface area contributed by atoms with E-state index >= 15 is 0 Å². The Bertz CT molecular complexity index is 689. The largest absolute Gasteiger partial charge is 1.00 e. The van der Waals surface area contributed by atoms with E-state index in [-0.39, 0.29) is 18.0 Å². The third kappa shape index (κ3) is 3.95. The van der Waals surface area contributed by atoms with E-state index in [1.165, 1.54) is 9.47 Å². The van der Waals surface area contributed by atoms with E-state index in [9.17, 15) is 9.59 Å². The van der Waals surface area contributed by atoms with Crippen molar-refractivity contribution in [2.75, 3.05) is 19.6 Å². The molecule has 1 aromatic heterocycles. The highest BCUT2D eigenvalue weighted by Crippen LogP contribution is 2.05. The second-order valence-corrected chi connectivity index (χ2v) is 4.88. The average Bonchev–Trinajstić information content (AvgIpc) is 2.46. The molecule has 0 saturated carbocycles. The topological polar surface area (TPSA) is 56.6 Å². The molecular weight excluding hydrogens is 292 g/mol. The average molecular weight is 313 g/mol. The summed E-state index contributed by atoms with van der Waals surface area (Å²) in [5, 5.41) is 0.460. The smallest absolute Gasteiger partial charge is 0.422 e. The summed E-state index contributed by atoms with van der Waals surface area (Å²) in [7, 11) is 0. The molecule has 1 heterocycles. The second kappa shape index (κ2) is 8.00. The Balaban J connectivity index is 0.00000220. The van der Waals surface area contributed by atoms with Crippen LogP contribution in [0.1, 0.15) is 20.3 Å². The molecule has 0 aliphatic carbocycles. The Morgan fingerprint density at radius 1 is 1.14 bits per heavy atom. The second-order valence-electron chi connectivity index (χ2n) is 4.88. The fourth-order valence-electron chi connectivity index (χ4n) is 2.39. The zero-order valence-electron chi connectivity index (χ0n) is 12.4. The predicted molar refractivity (Wildman–Crippen MR) is 78.3 cm³/mol. The number of hydrogen-bond acceptors (Lipinski definition) is 3. The van der Waals surface area contributed by atoms with E-state index in [4.69, 9.17) is 4.42 Å². The number of nitrogens with one attached hydrogen (secondary N) is 1. The molecule has 5 nitrogen and oxygen atoms in total. The summed E-state index contributed by atoms with van der Waals surface area (Å²) >= 11 is 0. The Morgan fingerprint density at radius 2 is 1.81 bits per heavy atom. The Morgan fingerprint density at radius 3 is 2.48 bits per heavy atom. The van der Waals surface area contributed by atoms with Crippen molar-refractivity contribution >= 4 is 11.0 Å². The maximum Gasteiger partial charge on any atom is 0.422 e. The normalized spacial score (nSPS) is 10.8. The number of hydrogen-bond donors (Lipinski definition) is 1. The molecule has 21 heavy (non-hydrogen) atoms. The lowest BCUT2D eigenvalue weighted by Crippen LogP contribution is -3.11. The van der Waals surface area contributed by atoms with Gasteiger partial charge in [0.2, 0.25) is 0 Å². The van der Waals surface area contributed by atoms with Crippen LogP contribution in [0, 0.1) is 0 Å². The SMILES string of the molecule is CC[NH+](CC)CCCn1c(=O)oc2ccccc2c1=O.[Cl-]. The summed E-state index contributed by atoms with van der Waals surface area (Å²) in [6.45, 7) is 7.74. The van der Waals surface area contributed by atoms with E-state index in [1.54, 1.807) is 24.3 Å². The number of aromatic nitrogens is 1. The van der Waals surface area contributed by atoms with Crippen molar-refractivity contribution in [3.63, 3.8) is 0 Å². The maximum atomic E-state index is 12.3. The van der Waals surface area contributed by atoms with Crippen molar-refractivity contribution in [1.82, 2.24) is 4.57 Å². The van der Waals surface area contributed by atoms with Crippen LogP contribution in [0.25, 0.3) is 11.0 Å². The van der Waals surface area contributed by atoms with Crippen LogP contribution in [0.2, 0.25) is 0 Å². The van der Waals surface area contributed by atoms with Crippen molar-refractivity contribution in [3.8, 4) is 0 Å². The summed E-state index contributed by atoms with van der Waals surface area (Å²) in [5.41, 5.74) is 0.0968. The highest BCUT2D eigenvalue weighted by molar-refractivity contribution is 5.74. The zero-order chi connectivity index (χ0) is 14.5. The zero-order valence-corrected chi connectivity index (χ0v) is 13.2. The van der Waals surface area contributed by atoms with Crippen LogP contribution in [-0.4, -0.2) is 24.2 Å². The monoisotopic (exact) mass is 312 g/mol. The molecule has 1 aromatic carbocycles. The molecule has 2 rings (SSSR count). The van der Waals surface area contributed by atoms with Gasteiger partial charge in [0.05, 0.1) is 25.0 Å². The van der Waals surface area contributed by atoms with Gasteiger partial charge in [-0.3, -0.25) is 4.79 Å². The van der Waals surface area contributed by atoms with Gasteiger partial charge in [0.25, 0.3) is 5.56 Å². The summed E-state index contributed by atoms with van der Waals surface area (Å²) in [5.74, 6) is -0.566. The van der Waals surface area contributed by atoms with Crippen LogP contribution in [0.15, 0.2) is 38.3 Å². The first-order chi connectivity index (χ1) is 9.67. The molecule has 0 aliphatic rings. The van der Waals surface area contributed by atoms with Gasteiger partial charge in [-0.1, -0.05) is 12.1 Å². The van der Waals surface area contributed by atoms with Gasteiger partial charge in [-0.2, -0.15) is 0 Å². The third-order valence-corrected chi connectivity index (χ3v) is 3.69.